The number of rotatable bonds is 10. The number of hydrogen-bond donors (Lipinski definition) is 1. The Morgan fingerprint density at radius 2 is 2.08 bits per heavy atom. The maximum Gasteiger partial charge on any atom is 0.293 e. The first-order valence-electron chi connectivity index (χ1n) is 9.02. The third-order valence-corrected chi connectivity index (χ3v) is 4.39. The molecule has 1 N–H and O–H groups in total. The first-order valence-corrected chi connectivity index (χ1v) is 9.02. The summed E-state index contributed by atoms with van der Waals surface area (Å²) in [5.74, 6) is -2.44. The van der Waals surface area contributed by atoms with E-state index in [0.717, 1.165) is 23.0 Å². The molecule has 0 saturated heterocycles. The average Bonchev–Trinajstić information content (AvgIpc) is 2.90. The molecule has 0 fully saturated rings. The number of benzene rings is 1. The molecule has 0 radical (unpaired) electrons. The molecule has 1 heterocycles. The highest BCUT2D eigenvalue weighted by Gasteiger charge is 2.29. The highest BCUT2D eigenvalue weighted by atomic mass is 19.3. The van der Waals surface area contributed by atoms with Crippen LogP contribution in [-0.2, 0) is 0 Å². The fourth-order valence-electron chi connectivity index (χ4n) is 3.01. The van der Waals surface area contributed by atoms with E-state index < -0.39 is 19.1 Å². The van der Waals surface area contributed by atoms with E-state index in [4.69, 9.17) is 4.74 Å². The van der Waals surface area contributed by atoms with E-state index in [1.165, 1.54) is 26.3 Å². The van der Waals surface area contributed by atoms with Crippen LogP contribution in [0.1, 0.15) is 51.3 Å². The van der Waals surface area contributed by atoms with E-state index in [-0.39, 0.29) is 0 Å². The Balaban J connectivity index is 2.14. The highest BCUT2D eigenvalue weighted by Crippen LogP contribution is 2.28. The second kappa shape index (κ2) is 8.61. The second-order valence-corrected chi connectivity index (χ2v) is 6.73. The zero-order valence-corrected chi connectivity index (χ0v) is 15.6. The minimum absolute atomic E-state index is 0.314. The molecular formula is C19H29F2N3O. The first-order chi connectivity index (χ1) is 11.9. The zero-order chi connectivity index (χ0) is 18.4. The van der Waals surface area contributed by atoms with Crippen LogP contribution in [0.5, 0.6) is 5.75 Å². The number of halogens is 2. The van der Waals surface area contributed by atoms with Gasteiger partial charge in [-0.15, -0.1) is 0 Å². The van der Waals surface area contributed by atoms with Gasteiger partial charge in [-0.25, -0.2) is 8.78 Å². The Morgan fingerprint density at radius 1 is 1.32 bits per heavy atom. The molecule has 0 aliphatic heterocycles. The topological polar surface area (TPSA) is 39.1 Å². The molecule has 1 aromatic heterocycles. The van der Waals surface area contributed by atoms with Gasteiger partial charge in [-0.3, -0.25) is 4.68 Å². The third-order valence-electron chi connectivity index (χ3n) is 4.39. The summed E-state index contributed by atoms with van der Waals surface area (Å²) in [4.78, 5) is 0. The normalized spacial score (nSPS) is 13.4. The van der Waals surface area contributed by atoms with Gasteiger partial charge in [-0.1, -0.05) is 26.2 Å². The molecule has 1 atom stereocenters. The van der Waals surface area contributed by atoms with Crippen LogP contribution < -0.4 is 10.1 Å². The molecule has 0 aliphatic rings. The molecule has 0 spiro atoms. The Morgan fingerprint density at radius 3 is 2.76 bits per heavy atom. The molecule has 4 nitrogen and oxygen atoms in total. The van der Waals surface area contributed by atoms with Crippen molar-refractivity contribution in [1.29, 1.82) is 0 Å². The lowest BCUT2D eigenvalue weighted by molar-refractivity contribution is -0.0374. The molecule has 1 aromatic carbocycles. The second-order valence-electron chi connectivity index (χ2n) is 6.73. The fourth-order valence-corrected chi connectivity index (χ4v) is 3.01. The molecule has 0 amide bonds. The van der Waals surface area contributed by atoms with Crippen LogP contribution in [0.3, 0.4) is 0 Å². The van der Waals surface area contributed by atoms with Crippen LogP contribution in [0.15, 0.2) is 18.2 Å². The van der Waals surface area contributed by atoms with E-state index in [2.05, 4.69) is 24.3 Å². The van der Waals surface area contributed by atoms with Gasteiger partial charge in [-0.05, 0) is 45.5 Å². The van der Waals surface area contributed by atoms with Crippen molar-refractivity contribution in [3.63, 3.8) is 0 Å². The van der Waals surface area contributed by atoms with Crippen molar-refractivity contribution < 1.29 is 13.5 Å². The summed E-state index contributed by atoms with van der Waals surface area (Å²) in [6.07, 6.45) is 4.68. The minimum Gasteiger partial charge on any atom is -0.487 e. The van der Waals surface area contributed by atoms with E-state index in [1.807, 2.05) is 23.7 Å². The van der Waals surface area contributed by atoms with Crippen molar-refractivity contribution in [2.45, 2.75) is 58.4 Å². The number of alkyl halides is 2. The lowest BCUT2D eigenvalue weighted by Crippen LogP contribution is -2.36. The Hall–Kier alpha value is -1.69. The van der Waals surface area contributed by atoms with Gasteiger partial charge in [0, 0.05) is 11.4 Å². The number of hydrogen-bond acceptors (Lipinski definition) is 3. The number of aryl methyl sites for hydroxylation is 1. The molecule has 0 bridgehead atoms. The summed E-state index contributed by atoms with van der Waals surface area (Å²) < 4.78 is 34.5. The van der Waals surface area contributed by atoms with Gasteiger partial charge < -0.3 is 10.1 Å². The molecule has 25 heavy (non-hydrogen) atoms. The third kappa shape index (κ3) is 5.14. The van der Waals surface area contributed by atoms with Crippen LogP contribution in [-0.4, -0.2) is 35.9 Å². The van der Waals surface area contributed by atoms with E-state index >= 15 is 0 Å². The van der Waals surface area contributed by atoms with Crippen molar-refractivity contribution in [2.24, 2.45) is 0 Å². The van der Waals surface area contributed by atoms with Gasteiger partial charge in [0.05, 0.1) is 17.8 Å². The standard InChI is InChI=1S/C19H29F2N3O/c1-5-6-7-8-14(2)24-18-10-9-16(11-17(18)15(3)23-24)25-13-19(20,21)12-22-4/h9-11,14,22H,5-8,12-13H2,1-4H3. The number of aromatic nitrogens is 2. The Labute approximate surface area is 148 Å². The molecule has 140 valence electrons. The summed E-state index contributed by atoms with van der Waals surface area (Å²) in [5.41, 5.74) is 1.92. The largest absolute Gasteiger partial charge is 0.487 e. The molecular weight excluding hydrogens is 324 g/mol. The summed E-state index contributed by atoms with van der Waals surface area (Å²) in [5, 5.41) is 8.08. The van der Waals surface area contributed by atoms with Gasteiger partial charge in [0.25, 0.3) is 5.92 Å². The van der Waals surface area contributed by atoms with Crippen molar-refractivity contribution in [2.75, 3.05) is 20.2 Å². The van der Waals surface area contributed by atoms with Crippen molar-refractivity contribution in [1.82, 2.24) is 15.1 Å². The van der Waals surface area contributed by atoms with Gasteiger partial charge in [-0.2, -0.15) is 5.10 Å². The molecule has 0 saturated carbocycles. The quantitative estimate of drug-likeness (QED) is 0.628. The van der Waals surface area contributed by atoms with Crippen molar-refractivity contribution in [3.8, 4) is 5.75 Å². The van der Waals surface area contributed by atoms with Crippen molar-refractivity contribution >= 4 is 10.9 Å². The number of nitrogens with zero attached hydrogens (tertiary/aromatic N) is 2. The molecule has 1 unspecified atom stereocenters. The van der Waals surface area contributed by atoms with Gasteiger partial charge in [0.1, 0.15) is 5.75 Å². The molecule has 2 aromatic rings. The maximum atomic E-state index is 13.6. The molecule has 0 aliphatic carbocycles. The summed E-state index contributed by atoms with van der Waals surface area (Å²) in [6, 6.07) is 5.78. The molecule has 2 rings (SSSR count). The summed E-state index contributed by atoms with van der Waals surface area (Å²) >= 11 is 0. The van der Waals surface area contributed by atoms with E-state index in [9.17, 15) is 8.78 Å². The lowest BCUT2D eigenvalue weighted by Gasteiger charge is -2.17. The smallest absolute Gasteiger partial charge is 0.293 e. The zero-order valence-electron chi connectivity index (χ0n) is 15.6. The SMILES string of the molecule is CCCCCC(C)n1nc(C)c2cc(OCC(F)(F)CNC)ccc21. The van der Waals surface area contributed by atoms with Crippen molar-refractivity contribution in [3.05, 3.63) is 23.9 Å². The van der Waals surface area contributed by atoms with Gasteiger partial charge in [0.15, 0.2) is 6.61 Å². The minimum atomic E-state index is -2.89. The van der Waals surface area contributed by atoms with Crippen LogP contribution in [0.4, 0.5) is 8.78 Å². The predicted octanol–water partition coefficient (Wildman–Crippen LogP) is 4.72. The molecule has 6 heteroatoms. The van der Waals surface area contributed by atoms with Gasteiger partial charge >= 0.3 is 0 Å². The van der Waals surface area contributed by atoms with Crippen LogP contribution in [0, 0.1) is 6.92 Å². The van der Waals surface area contributed by atoms with Crippen LogP contribution >= 0.6 is 0 Å². The number of nitrogens with one attached hydrogen (secondary N) is 1. The number of fused-ring (bicyclic) bond motifs is 1. The summed E-state index contributed by atoms with van der Waals surface area (Å²) in [6.45, 7) is 5.27. The highest BCUT2D eigenvalue weighted by molar-refractivity contribution is 5.83. The number of unbranched alkanes of at least 4 members (excludes halogenated alkanes) is 2. The lowest BCUT2D eigenvalue weighted by atomic mass is 10.1. The van der Waals surface area contributed by atoms with E-state index in [0.29, 0.717) is 11.8 Å². The first kappa shape index (κ1) is 19.6. The van der Waals surface area contributed by atoms with E-state index in [1.54, 1.807) is 6.07 Å². The van der Waals surface area contributed by atoms with Crippen LogP contribution in [0.2, 0.25) is 0 Å². The average molecular weight is 353 g/mol. The Kier molecular flexibility index (Phi) is 6.76. The fraction of sp³-hybridized carbons (Fsp3) is 0.632. The predicted molar refractivity (Wildman–Crippen MR) is 97.7 cm³/mol. The van der Waals surface area contributed by atoms with Crippen LogP contribution in [0.25, 0.3) is 10.9 Å². The maximum absolute atomic E-state index is 13.6. The monoisotopic (exact) mass is 353 g/mol. The number of ether oxygens (including phenoxy) is 1. The Bertz CT molecular complexity index is 685. The van der Waals surface area contributed by atoms with Gasteiger partial charge in [0.2, 0.25) is 0 Å². The summed E-state index contributed by atoms with van der Waals surface area (Å²) in [7, 11) is 1.50.